The minimum Gasteiger partial charge on any atom is -0.310 e. The first kappa shape index (κ1) is 24.6. The number of nitrogens with one attached hydrogen (secondary N) is 2. The quantitative estimate of drug-likeness (QED) is 0.374. The highest BCUT2D eigenvalue weighted by molar-refractivity contribution is 5.76. The van der Waals surface area contributed by atoms with Crippen LogP contribution in [0.5, 0.6) is 0 Å². The Morgan fingerprint density at radius 3 is 2.68 bits per heavy atom. The van der Waals surface area contributed by atoms with Gasteiger partial charge in [-0.1, -0.05) is 61.2 Å². The Balaban J connectivity index is 1.36. The van der Waals surface area contributed by atoms with Crippen molar-refractivity contribution in [1.29, 1.82) is 0 Å². The number of aromatic nitrogens is 4. The molecule has 1 atom stereocenters. The van der Waals surface area contributed by atoms with E-state index < -0.39 is 0 Å². The maximum Gasteiger partial charge on any atom is 0.0928 e. The van der Waals surface area contributed by atoms with Crippen molar-refractivity contribution in [3.05, 3.63) is 112 Å². The number of nitrogens with zero attached hydrogens (tertiary/aromatic N) is 3. The third kappa shape index (κ3) is 5.84. The summed E-state index contributed by atoms with van der Waals surface area (Å²) in [7, 11) is 0. The lowest BCUT2D eigenvalue weighted by atomic mass is 9.90. The minimum atomic E-state index is 0.502. The maximum atomic E-state index is 5.00. The normalized spacial score (nSPS) is 16.6. The van der Waals surface area contributed by atoms with Crippen molar-refractivity contribution in [2.45, 2.75) is 45.7 Å². The van der Waals surface area contributed by atoms with Gasteiger partial charge in [-0.15, -0.1) is 0 Å². The van der Waals surface area contributed by atoms with E-state index in [1.165, 1.54) is 16.7 Å². The largest absolute Gasteiger partial charge is 0.310 e. The second-order valence-corrected chi connectivity index (χ2v) is 9.52. The van der Waals surface area contributed by atoms with Crippen molar-refractivity contribution in [3.63, 3.8) is 0 Å². The van der Waals surface area contributed by atoms with Gasteiger partial charge in [0.15, 0.2) is 0 Å². The van der Waals surface area contributed by atoms with Crippen LogP contribution in [0.1, 0.15) is 37.4 Å². The molecule has 0 spiro atoms. The predicted octanol–water partition coefficient (Wildman–Crippen LogP) is 5.25. The van der Waals surface area contributed by atoms with Crippen LogP contribution in [0.15, 0.2) is 90.2 Å². The van der Waals surface area contributed by atoms with Crippen LogP contribution in [0.25, 0.3) is 35.3 Å². The summed E-state index contributed by atoms with van der Waals surface area (Å²) in [5.41, 5.74) is 8.38. The van der Waals surface area contributed by atoms with Gasteiger partial charge in [-0.3, -0.25) is 10.1 Å². The zero-order valence-electron chi connectivity index (χ0n) is 21.5. The number of rotatable bonds is 7. The SMILES string of the molecule is C=c1ccc(-c2cn[nH]c2-c2cccc(C)n2)n/c1=C/C(=C\C)C1=CCC(NCc2ccccc2)CC1. The summed E-state index contributed by atoms with van der Waals surface area (Å²) in [4.78, 5) is 9.66. The average molecular weight is 488 g/mol. The number of benzene rings is 1. The van der Waals surface area contributed by atoms with Crippen LogP contribution >= 0.6 is 0 Å². The summed E-state index contributed by atoms with van der Waals surface area (Å²) in [6.45, 7) is 9.24. The van der Waals surface area contributed by atoms with Crippen LogP contribution in [-0.2, 0) is 6.54 Å². The van der Waals surface area contributed by atoms with Gasteiger partial charge < -0.3 is 5.32 Å². The van der Waals surface area contributed by atoms with Gasteiger partial charge in [0, 0.05) is 23.8 Å². The lowest BCUT2D eigenvalue weighted by Crippen LogP contribution is -2.30. The summed E-state index contributed by atoms with van der Waals surface area (Å²) in [6.07, 6.45) is 11.7. The van der Waals surface area contributed by atoms with Gasteiger partial charge >= 0.3 is 0 Å². The fourth-order valence-electron chi connectivity index (χ4n) is 4.79. The molecule has 0 saturated carbocycles. The van der Waals surface area contributed by atoms with Crippen LogP contribution in [0.4, 0.5) is 0 Å². The molecule has 0 saturated heterocycles. The van der Waals surface area contributed by atoms with Gasteiger partial charge in [0.2, 0.25) is 0 Å². The van der Waals surface area contributed by atoms with Crippen LogP contribution < -0.4 is 15.9 Å². The van der Waals surface area contributed by atoms with Crippen molar-refractivity contribution in [2.75, 3.05) is 0 Å². The maximum absolute atomic E-state index is 5.00. The molecule has 2 N–H and O–H groups in total. The molecule has 0 aliphatic heterocycles. The van der Waals surface area contributed by atoms with E-state index >= 15 is 0 Å². The molecule has 5 rings (SSSR count). The van der Waals surface area contributed by atoms with E-state index in [1.54, 1.807) is 0 Å². The van der Waals surface area contributed by atoms with Crippen LogP contribution in [0.2, 0.25) is 0 Å². The van der Waals surface area contributed by atoms with E-state index in [0.717, 1.165) is 64.7 Å². The average Bonchev–Trinajstić information content (AvgIpc) is 3.43. The Bertz CT molecular complexity index is 1550. The van der Waals surface area contributed by atoms with Crippen molar-refractivity contribution in [2.24, 2.45) is 0 Å². The highest BCUT2D eigenvalue weighted by Gasteiger charge is 2.16. The van der Waals surface area contributed by atoms with Crippen LogP contribution in [0, 0.1) is 6.92 Å². The molecule has 5 heteroatoms. The van der Waals surface area contributed by atoms with Crippen LogP contribution in [-0.4, -0.2) is 26.2 Å². The number of aromatic amines is 1. The predicted molar refractivity (Wildman–Crippen MR) is 152 cm³/mol. The topological polar surface area (TPSA) is 66.5 Å². The Hall–Kier alpha value is -4.09. The number of hydrogen-bond donors (Lipinski definition) is 2. The molecule has 0 radical (unpaired) electrons. The molecule has 3 aromatic heterocycles. The molecule has 0 bridgehead atoms. The first-order valence-electron chi connectivity index (χ1n) is 12.9. The van der Waals surface area contributed by atoms with Crippen molar-refractivity contribution < 1.29 is 0 Å². The number of pyridine rings is 2. The molecule has 0 amide bonds. The fourth-order valence-corrected chi connectivity index (χ4v) is 4.79. The number of aryl methyl sites for hydroxylation is 1. The number of allylic oxidation sites excluding steroid dienone is 3. The second kappa shape index (κ2) is 11.3. The highest BCUT2D eigenvalue weighted by atomic mass is 15.1. The van der Waals surface area contributed by atoms with Crippen LogP contribution in [0.3, 0.4) is 0 Å². The summed E-state index contributed by atoms with van der Waals surface area (Å²) in [6, 6.07) is 21.1. The van der Waals surface area contributed by atoms with E-state index in [9.17, 15) is 0 Å². The Kier molecular flexibility index (Phi) is 7.52. The molecule has 1 aliphatic rings. The van der Waals surface area contributed by atoms with Crippen molar-refractivity contribution in [1.82, 2.24) is 25.5 Å². The monoisotopic (exact) mass is 487 g/mol. The van der Waals surface area contributed by atoms with Gasteiger partial charge in [0.1, 0.15) is 0 Å². The standard InChI is InChI=1S/C32H33N5/c1-4-25(26-14-16-27(17-15-26)33-20-24-10-6-5-7-11-24)19-31-22(2)13-18-29(36-31)28-21-34-37-32(28)30-12-8-9-23(3)35-30/h4-14,18-19,21,27,33H,2,15-17,20H2,1,3H3,(H,34,37)/b25-4+,31-19+. The first-order chi connectivity index (χ1) is 18.1. The van der Waals surface area contributed by atoms with E-state index in [1.807, 2.05) is 43.5 Å². The van der Waals surface area contributed by atoms with E-state index in [-0.39, 0.29) is 0 Å². The van der Waals surface area contributed by atoms with E-state index in [0.29, 0.717) is 6.04 Å². The number of hydrogen-bond acceptors (Lipinski definition) is 4. The zero-order valence-corrected chi connectivity index (χ0v) is 21.5. The van der Waals surface area contributed by atoms with E-state index in [2.05, 4.69) is 82.6 Å². The summed E-state index contributed by atoms with van der Waals surface area (Å²) in [5.74, 6) is 0. The first-order valence-corrected chi connectivity index (χ1v) is 12.9. The molecule has 5 nitrogen and oxygen atoms in total. The van der Waals surface area contributed by atoms with Crippen molar-refractivity contribution in [3.8, 4) is 22.6 Å². The molecule has 1 aromatic carbocycles. The second-order valence-electron chi connectivity index (χ2n) is 9.52. The van der Waals surface area contributed by atoms with Gasteiger partial charge in [0.25, 0.3) is 0 Å². The van der Waals surface area contributed by atoms with Crippen molar-refractivity contribution >= 4 is 12.7 Å². The molecule has 186 valence electrons. The summed E-state index contributed by atoms with van der Waals surface area (Å²) >= 11 is 0. The molecule has 3 heterocycles. The molecule has 4 aromatic rings. The Labute approximate surface area is 218 Å². The fraction of sp³-hybridized carbons (Fsp3) is 0.219. The summed E-state index contributed by atoms with van der Waals surface area (Å²) in [5, 5.41) is 12.9. The summed E-state index contributed by atoms with van der Waals surface area (Å²) < 4.78 is 0. The molecular formula is C32H33N5. The lowest BCUT2D eigenvalue weighted by Gasteiger charge is -2.24. The third-order valence-corrected chi connectivity index (χ3v) is 6.89. The molecule has 1 unspecified atom stereocenters. The van der Waals surface area contributed by atoms with Gasteiger partial charge in [-0.05, 0) is 79.3 Å². The van der Waals surface area contributed by atoms with Gasteiger partial charge in [-0.2, -0.15) is 5.10 Å². The minimum absolute atomic E-state index is 0.502. The smallest absolute Gasteiger partial charge is 0.0928 e. The lowest BCUT2D eigenvalue weighted by molar-refractivity contribution is 0.468. The Morgan fingerprint density at radius 1 is 1.05 bits per heavy atom. The highest BCUT2D eigenvalue weighted by Crippen LogP contribution is 2.28. The molecule has 0 fully saturated rings. The molecule has 37 heavy (non-hydrogen) atoms. The number of H-pyrrole nitrogens is 1. The Morgan fingerprint density at radius 2 is 1.92 bits per heavy atom. The van der Waals surface area contributed by atoms with Gasteiger partial charge in [0.05, 0.1) is 28.6 Å². The van der Waals surface area contributed by atoms with E-state index in [4.69, 9.17) is 4.98 Å². The van der Waals surface area contributed by atoms with Gasteiger partial charge in [-0.25, -0.2) is 4.98 Å². The molecule has 1 aliphatic carbocycles. The zero-order chi connectivity index (χ0) is 25.6. The third-order valence-electron chi connectivity index (χ3n) is 6.89. The molecular weight excluding hydrogens is 454 g/mol.